The number of hydrogen-bond donors (Lipinski definition) is 1. The Hall–Kier alpha value is -2.77. The molecule has 0 unspecified atom stereocenters. The summed E-state index contributed by atoms with van der Waals surface area (Å²) >= 11 is 1.44. The second-order valence-electron chi connectivity index (χ2n) is 7.54. The van der Waals surface area contributed by atoms with Crippen LogP contribution in [0.1, 0.15) is 47.4 Å². The van der Waals surface area contributed by atoms with Crippen molar-refractivity contribution in [1.29, 1.82) is 0 Å². The molecule has 3 aromatic rings. The number of carbonyl (C=O) groups excluding carboxylic acids is 1. The van der Waals surface area contributed by atoms with Gasteiger partial charge in [-0.1, -0.05) is 6.08 Å². The molecule has 1 N–H and O–H groups in total. The van der Waals surface area contributed by atoms with Gasteiger partial charge in [0.15, 0.2) is 5.13 Å². The van der Waals surface area contributed by atoms with Crippen molar-refractivity contribution in [2.45, 2.75) is 38.3 Å². The number of anilines is 1. The summed E-state index contributed by atoms with van der Waals surface area (Å²) in [6.07, 6.45) is 14.7. The maximum atomic E-state index is 12.8. The molecule has 156 valence electrons. The van der Waals surface area contributed by atoms with Crippen LogP contribution in [0.25, 0.3) is 6.08 Å². The van der Waals surface area contributed by atoms with Crippen LogP contribution in [-0.4, -0.2) is 33.7 Å². The van der Waals surface area contributed by atoms with Gasteiger partial charge in [0.2, 0.25) is 0 Å². The maximum Gasteiger partial charge on any atom is 0.274 e. The molecule has 0 aliphatic heterocycles. The summed E-state index contributed by atoms with van der Waals surface area (Å²) in [5.74, 6) is 0.421. The van der Waals surface area contributed by atoms with Gasteiger partial charge in [-0.3, -0.25) is 15.1 Å². The first-order valence-electron chi connectivity index (χ1n) is 10.2. The number of carbonyl (C=O) groups is 1. The Labute approximate surface area is 180 Å². The van der Waals surface area contributed by atoms with Crippen LogP contribution in [0.15, 0.2) is 54.3 Å². The molecule has 1 aliphatic carbocycles. The van der Waals surface area contributed by atoms with Crippen LogP contribution in [-0.2, 0) is 11.3 Å². The molecule has 0 spiro atoms. The summed E-state index contributed by atoms with van der Waals surface area (Å²) < 4.78 is 7.36. The number of allylic oxidation sites excluding steroid dienone is 1. The standard InChI is InChI=1S/C23H26N4O2S/c1-29-20-8-5-17(6-9-20)4-7-19-16-30-23(25-19)26-22(28)21-3-2-14-27(21)15-18-10-12-24-13-11-18/h2-4,7,10-14,16-17,20H,5-6,8-9,15H2,1H3,(H,25,26,28). The molecule has 0 bridgehead atoms. The van der Waals surface area contributed by atoms with Gasteiger partial charge < -0.3 is 9.30 Å². The SMILES string of the molecule is COC1CCC(C=Cc2csc(NC(=O)c3cccn3Cc3ccncc3)n2)CC1. The largest absolute Gasteiger partial charge is 0.381 e. The molecular weight excluding hydrogens is 396 g/mol. The van der Waals surface area contributed by atoms with E-state index in [9.17, 15) is 4.79 Å². The van der Waals surface area contributed by atoms with Crippen molar-refractivity contribution in [2.75, 3.05) is 12.4 Å². The number of amides is 1. The molecule has 1 fully saturated rings. The molecule has 1 aliphatic rings. The van der Waals surface area contributed by atoms with E-state index < -0.39 is 0 Å². The lowest BCUT2D eigenvalue weighted by Gasteiger charge is -2.25. The van der Waals surface area contributed by atoms with E-state index in [1.165, 1.54) is 11.3 Å². The quantitative estimate of drug-likeness (QED) is 0.590. The number of ether oxygens (including phenoxy) is 1. The van der Waals surface area contributed by atoms with Crippen molar-refractivity contribution in [3.63, 3.8) is 0 Å². The zero-order valence-electron chi connectivity index (χ0n) is 17.0. The van der Waals surface area contributed by atoms with E-state index in [1.807, 2.05) is 40.4 Å². The molecule has 1 saturated carbocycles. The minimum Gasteiger partial charge on any atom is -0.381 e. The van der Waals surface area contributed by atoms with Crippen molar-refractivity contribution in [3.05, 3.63) is 71.3 Å². The van der Waals surface area contributed by atoms with Gasteiger partial charge >= 0.3 is 0 Å². The van der Waals surface area contributed by atoms with Crippen molar-refractivity contribution in [2.24, 2.45) is 5.92 Å². The second-order valence-corrected chi connectivity index (χ2v) is 8.40. The second kappa shape index (κ2) is 9.82. The van der Waals surface area contributed by atoms with E-state index >= 15 is 0 Å². The normalized spacial score (nSPS) is 19.2. The third kappa shape index (κ3) is 5.23. The van der Waals surface area contributed by atoms with E-state index in [2.05, 4.69) is 27.4 Å². The number of thiazole rings is 1. The Morgan fingerprint density at radius 3 is 2.83 bits per heavy atom. The first-order chi connectivity index (χ1) is 14.7. The van der Waals surface area contributed by atoms with Crippen molar-refractivity contribution in [3.8, 4) is 0 Å². The van der Waals surface area contributed by atoms with Crippen LogP contribution in [0, 0.1) is 5.92 Å². The van der Waals surface area contributed by atoms with Gasteiger partial charge in [0.05, 0.1) is 11.8 Å². The van der Waals surface area contributed by atoms with Crippen LogP contribution in [0.2, 0.25) is 0 Å². The van der Waals surface area contributed by atoms with Crippen LogP contribution < -0.4 is 5.32 Å². The number of methoxy groups -OCH3 is 1. The molecule has 0 radical (unpaired) electrons. The van der Waals surface area contributed by atoms with E-state index in [-0.39, 0.29) is 5.91 Å². The molecule has 6 nitrogen and oxygen atoms in total. The highest BCUT2D eigenvalue weighted by molar-refractivity contribution is 7.14. The zero-order valence-corrected chi connectivity index (χ0v) is 17.8. The summed E-state index contributed by atoms with van der Waals surface area (Å²) in [5.41, 5.74) is 2.58. The molecule has 30 heavy (non-hydrogen) atoms. The highest BCUT2D eigenvalue weighted by Crippen LogP contribution is 2.27. The van der Waals surface area contributed by atoms with E-state index in [0.717, 1.165) is 36.9 Å². The molecule has 0 atom stereocenters. The van der Waals surface area contributed by atoms with Gasteiger partial charge in [-0.25, -0.2) is 4.98 Å². The summed E-state index contributed by atoms with van der Waals surface area (Å²) in [7, 11) is 1.79. The van der Waals surface area contributed by atoms with Crippen LogP contribution in [0.5, 0.6) is 0 Å². The highest BCUT2D eigenvalue weighted by atomic mass is 32.1. The van der Waals surface area contributed by atoms with Gasteiger partial charge in [-0.15, -0.1) is 11.3 Å². The fourth-order valence-electron chi connectivity index (χ4n) is 3.78. The Bertz CT molecular complexity index is 988. The Morgan fingerprint density at radius 2 is 2.07 bits per heavy atom. The van der Waals surface area contributed by atoms with Gasteiger partial charge in [0, 0.05) is 37.6 Å². The van der Waals surface area contributed by atoms with E-state index in [0.29, 0.717) is 29.4 Å². The molecule has 7 heteroatoms. The summed E-state index contributed by atoms with van der Waals surface area (Å²) in [6, 6.07) is 7.59. The van der Waals surface area contributed by atoms with Gasteiger partial charge in [-0.05, 0) is 67.5 Å². The predicted molar refractivity (Wildman–Crippen MR) is 120 cm³/mol. The topological polar surface area (TPSA) is 69.0 Å². The van der Waals surface area contributed by atoms with Crippen LogP contribution in [0.4, 0.5) is 5.13 Å². The fourth-order valence-corrected chi connectivity index (χ4v) is 4.45. The van der Waals surface area contributed by atoms with Gasteiger partial charge in [-0.2, -0.15) is 0 Å². The van der Waals surface area contributed by atoms with E-state index in [4.69, 9.17) is 4.74 Å². The van der Waals surface area contributed by atoms with E-state index in [1.54, 1.807) is 19.5 Å². The Morgan fingerprint density at radius 1 is 1.27 bits per heavy atom. The smallest absolute Gasteiger partial charge is 0.274 e. The molecule has 3 heterocycles. The average Bonchev–Trinajstić information content (AvgIpc) is 3.43. The third-order valence-corrected chi connectivity index (χ3v) is 6.27. The lowest BCUT2D eigenvalue weighted by molar-refractivity contribution is 0.0627. The number of rotatable bonds is 7. The number of nitrogens with zero attached hydrogens (tertiary/aromatic N) is 3. The number of pyridine rings is 1. The highest BCUT2D eigenvalue weighted by Gasteiger charge is 2.19. The van der Waals surface area contributed by atoms with Crippen molar-refractivity contribution in [1.82, 2.24) is 14.5 Å². The Kier molecular flexibility index (Phi) is 6.71. The summed E-state index contributed by atoms with van der Waals surface area (Å²) in [6.45, 7) is 0.620. The lowest BCUT2D eigenvalue weighted by atomic mass is 9.87. The summed E-state index contributed by atoms with van der Waals surface area (Å²) in [4.78, 5) is 21.3. The molecular formula is C23H26N4O2S. The van der Waals surface area contributed by atoms with Crippen molar-refractivity contribution < 1.29 is 9.53 Å². The zero-order chi connectivity index (χ0) is 20.8. The molecule has 0 saturated heterocycles. The first-order valence-corrected chi connectivity index (χ1v) is 11.1. The number of aromatic nitrogens is 3. The fraction of sp³-hybridized carbons (Fsp3) is 0.348. The van der Waals surface area contributed by atoms with Gasteiger partial charge in [0.1, 0.15) is 5.69 Å². The monoisotopic (exact) mass is 422 g/mol. The maximum absolute atomic E-state index is 12.8. The van der Waals surface area contributed by atoms with Crippen LogP contribution >= 0.6 is 11.3 Å². The minimum atomic E-state index is -0.156. The first kappa shape index (κ1) is 20.5. The third-order valence-electron chi connectivity index (χ3n) is 5.50. The lowest BCUT2D eigenvalue weighted by Crippen LogP contribution is -2.19. The minimum absolute atomic E-state index is 0.156. The van der Waals surface area contributed by atoms with Crippen molar-refractivity contribution >= 4 is 28.5 Å². The average molecular weight is 423 g/mol. The number of nitrogens with one attached hydrogen (secondary N) is 1. The van der Waals surface area contributed by atoms with Crippen LogP contribution in [0.3, 0.4) is 0 Å². The molecule has 0 aromatic carbocycles. The van der Waals surface area contributed by atoms with Gasteiger partial charge in [0.25, 0.3) is 5.91 Å². The molecule has 3 aromatic heterocycles. The predicted octanol–water partition coefficient (Wildman–Crippen LogP) is 4.86. The molecule has 4 rings (SSSR count). The summed E-state index contributed by atoms with van der Waals surface area (Å²) in [5, 5.41) is 5.51. The Balaban J connectivity index is 1.35. The molecule has 1 amide bonds. The number of hydrogen-bond acceptors (Lipinski definition) is 5.